The summed E-state index contributed by atoms with van der Waals surface area (Å²) in [5.41, 5.74) is 0.444. The van der Waals surface area contributed by atoms with E-state index in [1.54, 1.807) is 6.07 Å². The average molecular weight is 279 g/mol. The number of carboxylic acids is 1. The highest BCUT2D eigenvalue weighted by atomic mass is 19.3. The summed E-state index contributed by atoms with van der Waals surface area (Å²) in [5, 5.41) is 9.50. The second-order valence-corrected chi connectivity index (χ2v) is 3.95. The van der Waals surface area contributed by atoms with Crippen LogP contribution in [0.5, 0.6) is 5.88 Å². The molecule has 2 heterocycles. The lowest BCUT2D eigenvalue weighted by Gasteiger charge is -2.04. The zero-order valence-electron chi connectivity index (χ0n) is 9.84. The molecule has 3 aromatic rings. The summed E-state index contributed by atoms with van der Waals surface area (Å²) in [5.74, 6) is -1.55. The van der Waals surface area contributed by atoms with Crippen LogP contribution in [-0.2, 0) is 0 Å². The first kappa shape index (κ1) is 12.3. The third kappa shape index (κ3) is 1.83. The number of carbonyl (C=O) groups is 1. The molecule has 0 aliphatic heterocycles. The summed E-state index contributed by atoms with van der Waals surface area (Å²) < 4.78 is 34.6. The van der Waals surface area contributed by atoms with Gasteiger partial charge in [0.25, 0.3) is 0 Å². The topological polar surface area (TPSA) is 72.6 Å². The lowest BCUT2D eigenvalue weighted by atomic mass is 10.1. The smallest absolute Gasteiger partial charge is 0.388 e. The molecular weight excluding hydrogens is 272 g/mol. The molecule has 0 aliphatic rings. The van der Waals surface area contributed by atoms with E-state index in [1.807, 2.05) is 0 Å². The van der Waals surface area contributed by atoms with Crippen molar-refractivity contribution < 1.29 is 27.8 Å². The highest BCUT2D eigenvalue weighted by molar-refractivity contribution is 6.16. The second-order valence-electron chi connectivity index (χ2n) is 3.95. The molecule has 0 spiro atoms. The van der Waals surface area contributed by atoms with E-state index in [9.17, 15) is 18.7 Å². The van der Waals surface area contributed by atoms with Crippen LogP contribution >= 0.6 is 0 Å². The Kier molecular flexibility index (Phi) is 2.74. The van der Waals surface area contributed by atoms with Crippen molar-refractivity contribution in [1.82, 2.24) is 4.98 Å². The van der Waals surface area contributed by atoms with Gasteiger partial charge in [0, 0.05) is 17.6 Å². The Morgan fingerprint density at radius 1 is 1.25 bits per heavy atom. The van der Waals surface area contributed by atoms with Gasteiger partial charge in [0.05, 0.1) is 10.9 Å². The van der Waals surface area contributed by atoms with Gasteiger partial charge in [-0.05, 0) is 12.1 Å². The largest absolute Gasteiger partial charge is 0.478 e. The summed E-state index contributed by atoms with van der Waals surface area (Å²) in [7, 11) is 0. The molecule has 1 N–H and O–H groups in total. The Hall–Kier alpha value is -2.70. The number of aromatic carboxylic acids is 1. The van der Waals surface area contributed by atoms with E-state index < -0.39 is 12.6 Å². The number of benzene rings is 1. The predicted octanol–water partition coefficient (Wildman–Crippen LogP) is 3.28. The fraction of sp³-hybridized carbons (Fsp3) is 0.0769. The molecule has 20 heavy (non-hydrogen) atoms. The first-order valence-corrected chi connectivity index (χ1v) is 5.56. The number of aromatic nitrogens is 1. The zero-order chi connectivity index (χ0) is 14.3. The Balaban J connectivity index is 2.43. The molecule has 3 rings (SSSR count). The Bertz CT molecular complexity index is 813. The van der Waals surface area contributed by atoms with Crippen molar-refractivity contribution in [2.24, 2.45) is 0 Å². The number of halogens is 2. The normalized spacial score (nSPS) is 11.3. The number of rotatable bonds is 3. The first-order chi connectivity index (χ1) is 9.58. The van der Waals surface area contributed by atoms with Gasteiger partial charge >= 0.3 is 12.6 Å². The van der Waals surface area contributed by atoms with Crippen molar-refractivity contribution in [2.45, 2.75) is 6.61 Å². The van der Waals surface area contributed by atoms with E-state index in [-0.39, 0.29) is 33.4 Å². The summed E-state index contributed by atoms with van der Waals surface area (Å²) in [4.78, 5) is 15.0. The number of pyridine rings is 1. The van der Waals surface area contributed by atoms with Gasteiger partial charge < -0.3 is 14.3 Å². The van der Waals surface area contributed by atoms with E-state index in [4.69, 9.17) is 4.42 Å². The number of ether oxygens (including phenoxy) is 1. The Labute approximate surface area is 110 Å². The third-order valence-electron chi connectivity index (χ3n) is 2.81. The number of hydrogen-bond donors (Lipinski definition) is 1. The van der Waals surface area contributed by atoms with Crippen molar-refractivity contribution in [2.75, 3.05) is 0 Å². The minimum Gasteiger partial charge on any atom is -0.478 e. The third-order valence-corrected chi connectivity index (χ3v) is 2.81. The van der Waals surface area contributed by atoms with Crippen LogP contribution in [0.15, 0.2) is 34.9 Å². The number of fused-ring (bicyclic) bond motifs is 3. The molecule has 0 aliphatic carbocycles. The number of furan rings is 1. The number of carboxylic acid groups (broad SMARTS) is 1. The van der Waals surface area contributed by atoms with Crippen LogP contribution in [0, 0.1) is 0 Å². The molecule has 102 valence electrons. The molecule has 0 fully saturated rings. The molecule has 7 heteroatoms. The molecule has 0 unspecified atom stereocenters. The predicted molar refractivity (Wildman–Crippen MR) is 65.1 cm³/mol. The highest BCUT2D eigenvalue weighted by Crippen LogP contribution is 2.36. The highest BCUT2D eigenvalue weighted by Gasteiger charge is 2.20. The van der Waals surface area contributed by atoms with Crippen LogP contribution in [0.1, 0.15) is 10.4 Å². The van der Waals surface area contributed by atoms with Gasteiger partial charge in [-0.15, -0.1) is 0 Å². The fourth-order valence-electron chi connectivity index (χ4n) is 2.09. The minimum absolute atomic E-state index is 0.0617. The van der Waals surface area contributed by atoms with Crippen molar-refractivity contribution in [3.63, 3.8) is 0 Å². The van der Waals surface area contributed by atoms with Gasteiger partial charge in [0.15, 0.2) is 0 Å². The molecule has 0 saturated heterocycles. The quantitative estimate of drug-likeness (QED) is 0.796. The summed E-state index contributed by atoms with van der Waals surface area (Å²) in [6.45, 7) is -3.06. The zero-order valence-corrected chi connectivity index (χ0v) is 9.84. The van der Waals surface area contributed by atoms with Crippen LogP contribution in [0.2, 0.25) is 0 Å². The minimum atomic E-state index is -3.06. The summed E-state index contributed by atoms with van der Waals surface area (Å²) >= 11 is 0. The Morgan fingerprint density at radius 2 is 2.00 bits per heavy atom. The molecule has 0 radical (unpaired) electrons. The number of hydrogen-bond acceptors (Lipinski definition) is 4. The van der Waals surface area contributed by atoms with E-state index in [0.717, 1.165) is 0 Å². The molecule has 2 aromatic heterocycles. The van der Waals surface area contributed by atoms with Crippen LogP contribution < -0.4 is 4.74 Å². The van der Waals surface area contributed by atoms with Gasteiger partial charge in [-0.3, -0.25) is 0 Å². The maximum absolute atomic E-state index is 12.4. The molecular formula is C13H7F2NO4. The summed E-state index contributed by atoms with van der Waals surface area (Å²) in [6.07, 6.45) is 1.25. The van der Waals surface area contributed by atoms with Crippen LogP contribution in [0.4, 0.5) is 8.78 Å². The molecule has 0 amide bonds. The van der Waals surface area contributed by atoms with Crippen LogP contribution in [-0.4, -0.2) is 22.7 Å². The van der Waals surface area contributed by atoms with Crippen molar-refractivity contribution >= 4 is 27.9 Å². The van der Waals surface area contributed by atoms with Gasteiger partial charge in [0.1, 0.15) is 11.2 Å². The van der Waals surface area contributed by atoms with E-state index in [1.165, 1.54) is 24.4 Å². The van der Waals surface area contributed by atoms with Gasteiger partial charge in [-0.25, -0.2) is 9.78 Å². The van der Waals surface area contributed by atoms with E-state index in [0.29, 0.717) is 0 Å². The molecule has 0 atom stereocenters. The molecule has 0 saturated carbocycles. The Morgan fingerprint density at radius 3 is 2.70 bits per heavy atom. The first-order valence-electron chi connectivity index (χ1n) is 5.56. The van der Waals surface area contributed by atoms with Crippen LogP contribution in [0.3, 0.4) is 0 Å². The van der Waals surface area contributed by atoms with Gasteiger partial charge in [-0.2, -0.15) is 8.78 Å². The SMILES string of the molecule is O=C(O)c1cccc2oc3ccnc(OC(F)F)c3c12. The standard InChI is InChI=1S/C13H7F2NO4/c14-13(15)20-11-10-8(4-5-16-11)19-7-3-1-2-6(9(7)10)12(17)18/h1-5,13H,(H,17,18). The van der Waals surface area contributed by atoms with Crippen molar-refractivity contribution in [3.05, 3.63) is 36.0 Å². The molecule has 1 aromatic carbocycles. The van der Waals surface area contributed by atoms with E-state index in [2.05, 4.69) is 9.72 Å². The fourth-order valence-corrected chi connectivity index (χ4v) is 2.09. The van der Waals surface area contributed by atoms with Gasteiger partial charge in [0.2, 0.25) is 5.88 Å². The monoisotopic (exact) mass is 279 g/mol. The van der Waals surface area contributed by atoms with Crippen molar-refractivity contribution in [3.8, 4) is 5.88 Å². The second kappa shape index (κ2) is 4.44. The van der Waals surface area contributed by atoms with E-state index >= 15 is 0 Å². The van der Waals surface area contributed by atoms with Crippen LogP contribution in [0.25, 0.3) is 21.9 Å². The number of alkyl halides is 2. The lowest BCUT2D eigenvalue weighted by molar-refractivity contribution is -0.0516. The maximum Gasteiger partial charge on any atom is 0.388 e. The molecule has 5 nitrogen and oxygen atoms in total. The number of nitrogens with zero attached hydrogens (tertiary/aromatic N) is 1. The average Bonchev–Trinajstić information content (AvgIpc) is 2.76. The van der Waals surface area contributed by atoms with Crippen molar-refractivity contribution in [1.29, 1.82) is 0 Å². The molecule has 0 bridgehead atoms. The summed E-state index contributed by atoms with van der Waals surface area (Å²) in [6, 6.07) is 5.88. The lowest BCUT2D eigenvalue weighted by Crippen LogP contribution is -2.04. The maximum atomic E-state index is 12.4. The van der Waals surface area contributed by atoms with Gasteiger partial charge in [-0.1, -0.05) is 6.07 Å².